The highest BCUT2D eigenvalue weighted by molar-refractivity contribution is 5.55. The molecule has 0 aliphatic rings. The minimum atomic E-state index is 0.713. The summed E-state index contributed by atoms with van der Waals surface area (Å²) in [5.41, 5.74) is 5.58. The summed E-state index contributed by atoms with van der Waals surface area (Å²) in [5.74, 6) is 0. The second kappa shape index (κ2) is 5.58. The van der Waals surface area contributed by atoms with Crippen LogP contribution in [0, 0.1) is 25.2 Å². The third-order valence-electron chi connectivity index (χ3n) is 3.28. The number of nitrogens with zero attached hydrogens (tertiary/aromatic N) is 2. The molecule has 0 aliphatic heterocycles. The van der Waals surface area contributed by atoms with Gasteiger partial charge in [-0.25, -0.2) is 0 Å². The van der Waals surface area contributed by atoms with Gasteiger partial charge in [0.1, 0.15) is 0 Å². The molecule has 2 heteroatoms. The number of hydrogen-bond acceptors (Lipinski definition) is 2. The van der Waals surface area contributed by atoms with E-state index in [-0.39, 0.29) is 0 Å². The Morgan fingerprint density at radius 2 is 1.74 bits per heavy atom. The Labute approximate surface area is 114 Å². The lowest BCUT2D eigenvalue weighted by molar-refractivity contribution is 0.916. The van der Waals surface area contributed by atoms with Crippen LogP contribution in [0.5, 0.6) is 0 Å². The summed E-state index contributed by atoms with van der Waals surface area (Å²) < 4.78 is 0. The first-order chi connectivity index (χ1) is 9.10. The van der Waals surface area contributed by atoms with E-state index < -0.39 is 0 Å². The molecule has 0 amide bonds. The highest BCUT2D eigenvalue weighted by atomic mass is 15.1. The molecule has 2 nitrogen and oxygen atoms in total. The Morgan fingerprint density at radius 1 is 1.05 bits per heavy atom. The summed E-state index contributed by atoms with van der Waals surface area (Å²) in [6.45, 7) is 5.01. The molecule has 19 heavy (non-hydrogen) atoms. The molecular formula is C17H18N2. The maximum Gasteiger partial charge on any atom is 0.0991 e. The fraction of sp³-hybridized carbons (Fsp3) is 0.235. The molecule has 96 valence electrons. The topological polar surface area (TPSA) is 27.0 Å². The van der Waals surface area contributed by atoms with Crippen molar-refractivity contribution in [3.63, 3.8) is 0 Å². The van der Waals surface area contributed by atoms with Crippen molar-refractivity contribution in [2.24, 2.45) is 0 Å². The molecule has 0 unspecified atom stereocenters. The Kier molecular flexibility index (Phi) is 3.87. The van der Waals surface area contributed by atoms with E-state index in [2.05, 4.69) is 49.2 Å². The molecule has 2 rings (SSSR count). The Bertz CT molecular complexity index is 606. The molecule has 0 N–H and O–H groups in total. The fourth-order valence-corrected chi connectivity index (χ4v) is 2.21. The molecular weight excluding hydrogens is 232 g/mol. The van der Waals surface area contributed by atoms with E-state index in [1.165, 1.54) is 16.8 Å². The van der Waals surface area contributed by atoms with Crippen LogP contribution in [0.4, 0.5) is 5.69 Å². The van der Waals surface area contributed by atoms with Crippen molar-refractivity contribution in [1.29, 1.82) is 5.26 Å². The van der Waals surface area contributed by atoms with Gasteiger partial charge in [-0.2, -0.15) is 5.26 Å². The van der Waals surface area contributed by atoms with Crippen molar-refractivity contribution in [1.82, 2.24) is 0 Å². The zero-order valence-electron chi connectivity index (χ0n) is 11.6. The zero-order valence-corrected chi connectivity index (χ0v) is 11.6. The number of nitriles is 1. The maximum absolute atomic E-state index is 8.89. The van der Waals surface area contributed by atoms with Crippen molar-refractivity contribution in [2.75, 3.05) is 11.9 Å². The van der Waals surface area contributed by atoms with Crippen molar-refractivity contribution >= 4 is 5.69 Å². The van der Waals surface area contributed by atoms with E-state index in [1.54, 1.807) is 0 Å². The van der Waals surface area contributed by atoms with Crippen molar-refractivity contribution in [3.8, 4) is 6.07 Å². The first-order valence-electron chi connectivity index (χ1n) is 6.37. The molecule has 0 fully saturated rings. The van der Waals surface area contributed by atoms with Gasteiger partial charge in [-0.15, -0.1) is 0 Å². The SMILES string of the molecule is Cc1ccc(CN(C)c2ccc(C#N)cc2C)cc1. The van der Waals surface area contributed by atoms with Crippen molar-refractivity contribution in [2.45, 2.75) is 20.4 Å². The van der Waals surface area contributed by atoms with Crippen LogP contribution in [-0.4, -0.2) is 7.05 Å². The number of benzene rings is 2. The van der Waals surface area contributed by atoms with Gasteiger partial charge in [-0.1, -0.05) is 29.8 Å². The number of anilines is 1. The van der Waals surface area contributed by atoms with Crippen LogP contribution in [0.3, 0.4) is 0 Å². The smallest absolute Gasteiger partial charge is 0.0991 e. The Hall–Kier alpha value is -2.27. The summed E-state index contributed by atoms with van der Waals surface area (Å²) in [6.07, 6.45) is 0. The lowest BCUT2D eigenvalue weighted by Crippen LogP contribution is -2.17. The third-order valence-corrected chi connectivity index (χ3v) is 3.28. The van der Waals surface area contributed by atoms with E-state index in [4.69, 9.17) is 5.26 Å². The minimum absolute atomic E-state index is 0.713. The third kappa shape index (κ3) is 3.14. The van der Waals surface area contributed by atoms with Gasteiger partial charge in [0.25, 0.3) is 0 Å². The molecule has 0 saturated carbocycles. The number of hydrogen-bond donors (Lipinski definition) is 0. The lowest BCUT2D eigenvalue weighted by Gasteiger charge is -2.21. The van der Waals surface area contributed by atoms with E-state index in [1.807, 2.05) is 25.1 Å². The Balaban J connectivity index is 2.18. The average Bonchev–Trinajstić information content (AvgIpc) is 2.41. The van der Waals surface area contributed by atoms with Crippen LogP contribution >= 0.6 is 0 Å². The predicted octanol–water partition coefficient (Wildman–Crippen LogP) is 3.81. The van der Waals surface area contributed by atoms with Crippen LogP contribution in [0.15, 0.2) is 42.5 Å². The molecule has 0 radical (unpaired) electrons. The van der Waals surface area contributed by atoms with Gasteiger partial charge < -0.3 is 4.90 Å². The summed E-state index contributed by atoms with van der Waals surface area (Å²) >= 11 is 0. The van der Waals surface area contributed by atoms with Crippen LogP contribution in [0.2, 0.25) is 0 Å². The van der Waals surface area contributed by atoms with Gasteiger partial charge in [-0.3, -0.25) is 0 Å². The second-order valence-electron chi connectivity index (χ2n) is 4.95. The van der Waals surface area contributed by atoms with Crippen molar-refractivity contribution in [3.05, 3.63) is 64.7 Å². The highest BCUT2D eigenvalue weighted by Gasteiger charge is 2.06. The standard InChI is InChI=1S/C17H18N2/c1-13-4-6-15(7-5-13)12-19(3)17-9-8-16(11-18)10-14(17)2/h4-10H,12H2,1-3H3. The molecule has 0 spiro atoms. The monoisotopic (exact) mass is 250 g/mol. The molecule has 0 atom stereocenters. The van der Waals surface area contributed by atoms with Crippen LogP contribution in [0.1, 0.15) is 22.3 Å². The molecule has 0 saturated heterocycles. The first-order valence-corrected chi connectivity index (χ1v) is 6.37. The largest absolute Gasteiger partial charge is 0.370 e. The van der Waals surface area contributed by atoms with Gasteiger partial charge >= 0.3 is 0 Å². The van der Waals surface area contributed by atoms with Crippen molar-refractivity contribution < 1.29 is 0 Å². The summed E-state index contributed by atoms with van der Waals surface area (Å²) in [4.78, 5) is 2.21. The first kappa shape index (κ1) is 13.2. The van der Waals surface area contributed by atoms with E-state index in [9.17, 15) is 0 Å². The molecule has 0 heterocycles. The molecule has 0 aliphatic carbocycles. The van der Waals surface area contributed by atoms with E-state index in [0.29, 0.717) is 5.56 Å². The summed E-state index contributed by atoms with van der Waals surface area (Å²) in [5, 5.41) is 8.89. The fourth-order valence-electron chi connectivity index (χ4n) is 2.21. The van der Waals surface area contributed by atoms with Gasteiger partial charge in [0.2, 0.25) is 0 Å². The zero-order chi connectivity index (χ0) is 13.8. The number of aryl methyl sites for hydroxylation is 2. The maximum atomic E-state index is 8.89. The molecule has 0 bridgehead atoms. The second-order valence-corrected chi connectivity index (χ2v) is 4.95. The van der Waals surface area contributed by atoms with E-state index in [0.717, 1.165) is 12.1 Å². The molecule has 2 aromatic rings. The summed E-state index contributed by atoms with van der Waals surface area (Å²) in [7, 11) is 2.08. The normalized spacial score (nSPS) is 10.0. The van der Waals surface area contributed by atoms with E-state index >= 15 is 0 Å². The van der Waals surface area contributed by atoms with Crippen LogP contribution in [-0.2, 0) is 6.54 Å². The van der Waals surface area contributed by atoms with Gasteiger partial charge in [0.05, 0.1) is 11.6 Å². The molecule has 0 aromatic heterocycles. The highest BCUT2D eigenvalue weighted by Crippen LogP contribution is 2.21. The number of rotatable bonds is 3. The van der Waals surface area contributed by atoms with Gasteiger partial charge in [0.15, 0.2) is 0 Å². The van der Waals surface area contributed by atoms with Crippen LogP contribution < -0.4 is 4.90 Å². The van der Waals surface area contributed by atoms with Crippen LogP contribution in [0.25, 0.3) is 0 Å². The lowest BCUT2D eigenvalue weighted by atomic mass is 10.1. The van der Waals surface area contributed by atoms with Gasteiger partial charge in [0, 0.05) is 19.3 Å². The van der Waals surface area contributed by atoms with Gasteiger partial charge in [-0.05, 0) is 43.2 Å². The quantitative estimate of drug-likeness (QED) is 0.828. The Morgan fingerprint density at radius 3 is 2.32 bits per heavy atom. The summed E-state index contributed by atoms with van der Waals surface area (Å²) in [6, 6.07) is 16.6. The predicted molar refractivity (Wildman–Crippen MR) is 79.2 cm³/mol. The average molecular weight is 250 g/mol. The minimum Gasteiger partial charge on any atom is -0.370 e. The molecule has 2 aromatic carbocycles.